The smallest absolute Gasteiger partial charge is 0.260 e. The molecular formula is C14H18ClNO3. The summed E-state index contributed by atoms with van der Waals surface area (Å²) in [5, 5.41) is 10.4. The first-order valence-electron chi connectivity index (χ1n) is 6.36. The van der Waals surface area contributed by atoms with E-state index in [4.69, 9.17) is 16.3 Å². The van der Waals surface area contributed by atoms with Crippen LogP contribution in [-0.4, -0.2) is 42.2 Å². The summed E-state index contributed by atoms with van der Waals surface area (Å²) in [7, 11) is 1.68. The maximum atomic E-state index is 11.8. The molecule has 0 spiro atoms. The molecule has 1 fully saturated rings. The van der Waals surface area contributed by atoms with Crippen LogP contribution < -0.4 is 4.74 Å². The molecule has 1 aromatic rings. The topological polar surface area (TPSA) is 49.8 Å². The first-order chi connectivity index (χ1) is 9.06. The van der Waals surface area contributed by atoms with E-state index < -0.39 is 6.10 Å². The van der Waals surface area contributed by atoms with E-state index >= 15 is 0 Å². The van der Waals surface area contributed by atoms with Crippen molar-refractivity contribution in [2.75, 3.05) is 20.2 Å². The Hall–Kier alpha value is -1.26. The maximum Gasteiger partial charge on any atom is 0.260 e. The van der Waals surface area contributed by atoms with Crippen LogP contribution in [0.2, 0.25) is 5.02 Å². The molecule has 4 nitrogen and oxygen atoms in total. The Bertz CT molecular complexity index is 431. The van der Waals surface area contributed by atoms with Gasteiger partial charge >= 0.3 is 0 Å². The summed E-state index contributed by atoms with van der Waals surface area (Å²) >= 11 is 5.76. The van der Waals surface area contributed by atoms with Gasteiger partial charge in [-0.3, -0.25) is 4.79 Å². The lowest BCUT2D eigenvalue weighted by molar-refractivity contribution is -0.133. The monoisotopic (exact) mass is 283 g/mol. The highest BCUT2D eigenvalue weighted by Gasteiger charge is 2.31. The summed E-state index contributed by atoms with van der Waals surface area (Å²) in [6.45, 7) is 0.336. The molecule has 0 aromatic heterocycles. The predicted octanol–water partition coefficient (Wildman–Crippen LogP) is 1.95. The van der Waals surface area contributed by atoms with Gasteiger partial charge in [0, 0.05) is 18.6 Å². The Morgan fingerprint density at radius 1 is 1.47 bits per heavy atom. The highest BCUT2D eigenvalue weighted by molar-refractivity contribution is 6.30. The van der Waals surface area contributed by atoms with Crippen molar-refractivity contribution in [1.29, 1.82) is 0 Å². The Labute approximate surface area is 117 Å². The Kier molecular flexibility index (Phi) is 4.66. The van der Waals surface area contributed by atoms with E-state index in [0.717, 1.165) is 12.8 Å². The van der Waals surface area contributed by atoms with Crippen molar-refractivity contribution in [2.24, 2.45) is 5.92 Å². The van der Waals surface area contributed by atoms with Crippen molar-refractivity contribution in [3.05, 3.63) is 29.3 Å². The number of aliphatic hydroxyl groups is 1. The highest BCUT2D eigenvalue weighted by atomic mass is 35.5. The van der Waals surface area contributed by atoms with Crippen molar-refractivity contribution < 1.29 is 14.6 Å². The Balaban J connectivity index is 1.75. The summed E-state index contributed by atoms with van der Waals surface area (Å²) in [5.74, 6) is 0.830. The fourth-order valence-corrected chi connectivity index (χ4v) is 1.92. The summed E-state index contributed by atoms with van der Waals surface area (Å²) in [5.41, 5.74) is 0. The van der Waals surface area contributed by atoms with Crippen LogP contribution in [0.1, 0.15) is 12.8 Å². The number of benzene rings is 1. The number of likely N-dealkylation sites (N-methyl/N-ethyl adjacent to an activating group) is 1. The number of hydrogen-bond donors (Lipinski definition) is 1. The molecule has 1 saturated carbocycles. The molecule has 0 heterocycles. The molecule has 104 valence electrons. The number of halogens is 1. The maximum absolute atomic E-state index is 11.8. The number of nitrogens with zero attached hydrogens (tertiary/aromatic N) is 1. The average molecular weight is 284 g/mol. The standard InChI is InChI=1S/C14H18ClNO3/c1-16(8-13(17)10-2-3-10)14(18)9-19-12-6-4-11(15)5-7-12/h4-7,10,13,17H,2-3,8-9H2,1H3. The molecule has 0 radical (unpaired) electrons. The lowest BCUT2D eigenvalue weighted by Crippen LogP contribution is -2.37. The van der Waals surface area contributed by atoms with Gasteiger partial charge in [0.05, 0.1) is 6.10 Å². The third-order valence-electron chi connectivity index (χ3n) is 3.23. The number of ether oxygens (including phenoxy) is 1. The van der Waals surface area contributed by atoms with Gasteiger partial charge in [-0.2, -0.15) is 0 Å². The molecule has 1 unspecified atom stereocenters. The summed E-state index contributed by atoms with van der Waals surface area (Å²) < 4.78 is 5.37. The molecule has 1 atom stereocenters. The second-order valence-electron chi connectivity index (χ2n) is 4.92. The lowest BCUT2D eigenvalue weighted by Gasteiger charge is -2.20. The molecule has 1 N–H and O–H groups in total. The highest BCUT2D eigenvalue weighted by Crippen LogP contribution is 2.32. The SMILES string of the molecule is CN(CC(O)C1CC1)C(=O)COc1ccc(Cl)cc1. The van der Waals surface area contributed by atoms with Crippen molar-refractivity contribution in [3.8, 4) is 5.75 Å². The largest absolute Gasteiger partial charge is 0.484 e. The van der Waals surface area contributed by atoms with E-state index in [2.05, 4.69) is 0 Å². The molecule has 0 bridgehead atoms. The van der Waals surface area contributed by atoms with E-state index in [1.807, 2.05) is 0 Å². The minimum absolute atomic E-state index is 0.0322. The molecule has 5 heteroatoms. The second-order valence-corrected chi connectivity index (χ2v) is 5.36. The van der Waals surface area contributed by atoms with Gasteiger partial charge in [-0.1, -0.05) is 11.6 Å². The fraction of sp³-hybridized carbons (Fsp3) is 0.500. The van der Waals surface area contributed by atoms with Gasteiger partial charge in [0.15, 0.2) is 6.61 Å². The molecule has 19 heavy (non-hydrogen) atoms. The van der Waals surface area contributed by atoms with E-state index in [9.17, 15) is 9.90 Å². The zero-order chi connectivity index (χ0) is 13.8. The van der Waals surface area contributed by atoms with Crippen LogP contribution >= 0.6 is 11.6 Å². The molecular weight excluding hydrogens is 266 g/mol. The molecule has 0 saturated heterocycles. The van der Waals surface area contributed by atoms with Crippen LogP contribution in [0.5, 0.6) is 5.75 Å². The number of hydrogen-bond acceptors (Lipinski definition) is 3. The zero-order valence-corrected chi connectivity index (χ0v) is 11.6. The van der Waals surface area contributed by atoms with E-state index in [0.29, 0.717) is 23.2 Å². The van der Waals surface area contributed by atoms with Crippen LogP contribution in [0.3, 0.4) is 0 Å². The van der Waals surface area contributed by atoms with Gasteiger partial charge in [-0.25, -0.2) is 0 Å². The fourth-order valence-electron chi connectivity index (χ4n) is 1.80. The minimum Gasteiger partial charge on any atom is -0.484 e. The predicted molar refractivity (Wildman–Crippen MR) is 73.3 cm³/mol. The van der Waals surface area contributed by atoms with E-state index in [1.165, 1.54) is 4.90 Å². The normalized spacial score (nSPS) is 15.9. The van der Waals surface area contributed by atoms with Crippen LogP contribution in [0.4, 0.5) is 0 Å². The quantitative estimate of drug-likeness (QED) is 0.868. The molecule has 1 aliphatic rings. The number of carbonyl (C=O) groups is 1. The molecule has 0 aliphatic heterocycles. The number of aliphatic hydroxyl groups excluding tert-OH is 1. The van der Waals surface area contributed by atoms with E-state index in [-0.39, 0.29) is 12.5 Å². The van der Waals surface area contributed by atoms with Gasteiger partial charge in [0.2, 0.25) is 0 Å². The van der Waals surface area contributed by atoms with Gasteiger partial charge in [-0.05, 0) is 43.0 Å². The van der Waals surface area contributed by atoms with Crippen LogP contribution in [0, 0.1) is 5.92 Å². The lowest BCUT2D eigenvalue weighted by atomic mass is 10.2. The van der Waals surface area contributed by atoms with Gasteiger partial charge in [0.25, 0.3) is 5.91 Å². The third kappa shape index (κ3) is 4.40. The van der Waals surface area contributed by atoms with Gasteiger partial charge in [0.1, 0.15) is 5.75 Å². The van der Waals surface area contributed by atoms with Crippen molar-refractivity contribution in [2.45, 2.75) is 18.9 Å². The summed E-state index contributed by atoms with van der Waals surface area (Å²) in [4.78, 5) is 13.3. The molecule has 1 aliphatic carbocycles. The molecule has 1 amide bonds. The minimum atomic E-state index is -0.413. The first kappa shape index (κ1) is 14.2. The third-order valence-corrected chi connectivity index (χ3v) is 3.48. The van der Waals surface area contributed by atoms with Crippen LogP contribution in [0.25, 0.3) is 0 Å². The second kappa shape index (κ2) is 6.26. The Morgan fingerprint density at radius 3 is 2.68 bits per heavy atom. The number of carbonyl (C=O) groups excluding carboxylic acids is 1. The van der Waals surface area contributed by atoms with Crippen molar-refractivity contribution >= 4 is 17.5 Å². The van der Waals surface area contributed by atoms with Crippen molar-refractivity contribution in [1.82, 2.24) is 4.90 Å². The van der Waals surface area contributed by atoms with E-state index in [1.54, 1.807) is 31.3 Å². The first-order valence-corrected chi connectivity index (χ1v) is 6.74. The summed E-state index contributed by atoms with van der Waals surface area (Å²) in [6, 6.07) is 6.85. The average Bonchev–Trinajstić information content (AvgIpc) is 3.21. The van der Waals surface area contributed by atoms with Gasteiger partial charge in [-0.15, -0.1) is 0 Å². The van der Waals surface area contributed by atoms with Crippen LogP contribution in [0.15, 0.2) is 24.3 Å². The summed E-state index contributed by atoms with van der Waals surface area (Å²) in [6.07, 6.45) is 1.71. The van der Waals surface area contributed by atoms with Crippen LogP contribution in [-0.2, 0) is 4.79 Å². The number of amides is 1. The molecule has 1 aromatic carbocycles. The Morgan fingerprint density at radius 2 is 2.11 bits per heavy atom. The zero-order valence-electron chi connectivity index (χ0n) is 10.9. The van der Waals surface area contributed by atoms with Crippen molar-refractivity contribution in [3.63, 3.8) is 0 Å². The molecule has 2 rings (SSSR count). The van der Waals surface area contributed by atoms with Gasteiger partial charge < -0.3 is 14.7 Å². The number of rotatable bonds is 6.